The molecule has 0 aliphatic rings. The number of hydrogen-bond acceptors (Lipinski definition) is 3. The SMILES string of the molecule is CCc1ccc([C@@H]([NH2+]CC(=O)NNC(C)=O)c2cccs2)cc1. The minimum Gasteiger partial charge on any atom is -0.328 e. The highest BCUT2D eigenvalue weighted by Crippen LogP contribution is 2.23. The average Bonchev–Trinajstić information content (AvgIpc) is 3.08. The normalized spacial score (nSPS) is 11.7. The molecule has 2 amide bonds. The summed E-state index contributed by atoms with van der Waals surface area (Å²) in [6.45, 7) is 3.72. The zero-order chi connectivity index (χ0) is 16.7. The van der Waals surface area contributed by atoms with E-state index in [2.05, 4.69) is 48.1 Å². The van der Waals surface area contributed by atoms with Crippen LogP contribution in [0, 0.1) is 0 Å². The molecule has 1 heterocycles. The predicted octanol–water partition coefficient (Wildman–Crippen LogP) is 1.13. The molecule has 0 saturated heterocycles. The van der Waals surface area contributed by atoms with Crippen molar-refractivity contribution in [1.29, 1.82) is 0 Å². The van der Waals surface area contributed by atoms with E-state index in [9.17, 15) is 9.59 Å². The van der Waals surface area contributed by atoms with Gasteiger partial charge in [0, 0.05) is 12.5 Å². The maximum Gasteiger partial charge on any atom is 0.293 e. The Hall–Kier alpha value is -2.18. The van der Waals surface area contributed by atoms with Gasteiger partial charge in [0.25, 0.3) is 5.91 Å². The highest BCUT2D eigenvalue weighted by atomic mass is 32.1. The van der Waals surface area contributed by atoms with E-state index in [1.165, 1.54) is 17.4 Å². The molecule has 2 aromatic rings. The third kappa shape index (κ3) is 5.19. The number of nitrogens with one attached hydrogen (secondary N) is 2. The van der Waals surface area contributed by atoms with Gasteiger partial charge in [0.05, 0.1) is 4.88 Å². The van der Waals surface area contributed by atoms with Crippen molar-refractivity contribution >= 4 is 23.2 Å². The average molecular weight is 332 g/mol. The van der Waals surface area contributed by atoms with Gasteiger partial charge in [-0.3, -0.25) is 20.4 Å². The van der Waals surface area contributed by atoms with Gasteiger partial charge in [0.2, 0.25) is 5.91 Å². The van der Waals surface area contributed by atoms with Crippen LogP contribution < -0.4 is 16.2 Å². The number of amides is 2. The summed E-state index contributed by atoms with van der Waals surface area (Å²) in [5.41, 5.74) is 7.15. The first kappa shape index (κ1) is 17.2. The van der Waals surface area contributed by atoms with Gasteiger partial charge in [-0.05, 0) is 23.4 Å². The lowest BCUT2D eigenvalue weighted by atomic mass is 10.0. The van der Waals surface area contributed by atoms with Crippen molar-refractivity contribution < 1.29 is 14.9 Å². The summed E-state index contributed by atoms with van der Waals surface area (Å²) in [5, 5.41) is 4.01. The topological polar surface area (TPSA) is 74.8 Å². The van der Waals surface area contributed by atoms with E-state index >= 15 is 0 Å². The monoisotopic (exact) mass is 332 g/mol. The summed E-state index contributed by atoms with van der Waals surface area (Å²) in [4.78, 5) is 23.8. The molecule has 122 valence electrons. The van der Waals surface area contributed by atoms with E-state index in [1.807, 2.05) is 16.8 Å². The number of quaternary nitrogens is 1. The van der Waals surface area contributed by atoms with Gasteiger partial charge < -0.3 is 5.32 Å². The number of hydrazine groups is 1. The second-order valence-corrected chi connectivity index (χ2v) is 6.24. The Morgan fingerprint density at radius 2 is 1.91 bits per heavy atom. The Morgan fingerprint density at radius 3 is 2.48 bits per heavy atom. The second-order valence-electron chi connectivity index (χ2n) is 5.26. The summed E-state index contributed by atoms with van der Waals surface area (Å²) in [7, 11) is 0. The lowest BCUT2D eigenvalue weighted by molar-refractivity contribution is -0.676. The molecule has 0 unspecified atom stereocenters. The Morgan fingerprint density at radius 1 is 1.17 bits per heavy atom. The Kier molecular flexibility index (Phi) is 6.31. The maximum absolute atomic E-state index is 11.8. The van der Waals surface area contributed by atoms with Gasteiger partial charge in [-0.2, -0.15) is 0 Å². The second kappa shape index (κ2) is 8.45. The van der Waals surface area contributed by atoms with Crippen molar-refractivity contribution in [3.63, 3.8) is 0 Å². The molecule has 0 aliphatic heterocycles. The van der Waals surface area contributed by atoms with Crippen LogP contribution in [0.4, 0.5) is 0 Å². The van der Waals surface area contributed by atoms with Crippen molar-refractivity contribution in [2.45, 2.75) is 26.3 Å². The lowest BCUT2D eigenvalue weighted by Gasteiger charge is -2.15. The molecular formula is C17H22N3O2S+. The molecule has 0 spiro atoms. The Bertz CT molecular complexity index is 638. The molecule has 0 fully saturated rings. The van der Waals surface area contributed by atoms with Crippen LogP contribution in [0.2, 0.25) is 0 Å². The molecule has 0 aliphatic carbocycles. The fourth-order valence-corrected chi connectivity index (χ4v) is 3.13. The van der Waals surface area contributed by atoms with Crippen LogP contribution >= 0.6 is 11.3 Å². The molecule has 5 nitrogen and oxygen atoms in total. The molecule has 1 atom stereocenters. The van der Waals surface area contributed by atoms with E-state index in [4.69, 9.17) is 0 Å². The van der Waals surface area contributed by atoms with Gasteiger partial charge >= 0.3 is 0 Å². The van der Waals surface area contributed by atoms with Crippen molar-refractivity contribution in [3.05, 3.63) is 57.8 Å². The highest BCUT2D eigenvalue weighted by molar-refractivity contribution is 7.10. The van der Waals surface area contributed by atoms with Crippen LogP contribution in [-0.4, -0.2) is 18.4 Å². The van der Waals surface area contributed by atoms with Crippen molar-refractivity contribution in [1.82, 2.24) is 10.9 Å². The van der Waals surface area contributed by atoms with Gasteiger partial charge in [-0.1, -0.05) is 37.3 Å². The Balaban J connectivity index is 2.06. The number of benzene rings is 1. The molecule has 0 radical (unpaired) electrons. The van der Waals surface area contributed by atoms with Crippen LogP contribution in [0.15, 0.2) is 41.8 Å². The van der Waals surface area contributed by atoms with E-state index in [0.29, 0.717) is 0 Å². The quantitative estimate of drug-likeness (QED) is 0.694. The zero-order valence-electron chi connectivity index (χ0n) is 13.3. The molecule has 1 aromatic carbocycles. The standard InChI is InChI=1S/C17H21N3O2S/c1-3-13-6-8-14(9-7-13)17(15-5-4-10-23-15)18-11-16(22)20-19-12(2)21/h4-10,17-18H,3,11H2,1-2H3,(H,19,21)(H,20,22)/p+1/t17-/m1/s1. The summed E-state index contributed by atoms with van der Waals surface area (Å²) in [5.74, 6) is -0.518. The number of carbonyl (C=O) groups excluding carboxylic acids is 2. The minimum absolute atomic E-state index is 0.0731. The van der Waals surface area contributed by atoms with Gasteiger partial charge in [-0.15, -0.1) is 11.3 Å². The Labute approximate surface area is 140 Å². The highest BCUT2D eigenvalue weighted by Gasteiger charge is 2.20. The summed E-state index contributed by atoms with van der Waals surface area (Å²) >= 11 is 1.67. The predicted molar refractivity (Wildman–Crippen MR) is 90.7 cm³/mol. The minimum atomic E-state index is -0.289. The first-order chi connectivity index (χ1) is 11.1. The van der Waals surface area contributed by atoms with E-state index in [0.717, 1.165) is 12.0 Å². The molecule has 0 saturated carbocycles. The maximum atomic E-state index is 11.8. The number of rotatable bonds is 6. The largest absolute Gasteiger partial charge is 0.328 e. The molecule has 4 N–H and O–H groups in total. The molecule has 1 aromatic heterocycles. The van der Waals surface area contributed by atoms with Crippen LogP contribution in [0.3, 0.4) is 0 Å². The molecular weight excluding hydrogens is 310 g/mol. The van der Waals surface area contributed by atoms with Crippen molar-refractivity contribution in [3.8, 4) is 0 Å². The van der Waals surface area contributed by atoms with Gasteiger partial charge in [0.15, 0.2) is 6.54 Å². The third-order valence-corrected chi connectivity index (χ3v) is 4.47. The molecule has 23 heavy (non-hydrogen) atoms. The van der Waals surface area contributed by atoms with E-state index < -0.39 is 0 Å². The number of hydrogen-bond donors (Lipinski definition) is 3. The van der Waals surface area contributed by atoms with E-state index in [1.54, 1.807) is 11.3 Å². The third-order valence-electron chi connectivity index (χ3n) is 3.51. The van der Waals surface area contributed by atoms with Crippen molar-refractivity contribution in [2.24, 2.45) is 0 Å². The molecule has 2 rings (SSSR count). The van der Waals surface area contributed by atoms with Gasteiger partial charge in [-0.25, -0.2) is 0 Å². The lowest BCUT2D eigenvalue weighted by Crippen LogP contribution is -2.88. The number of carbonyl (C=O) groups is 2. The van der Waals surface area contributed by atoms with Crippen LogP contribution in [-0.2, 0) is 16.0 Å². The first-order valence-electron chi connectivity index (χ1n) is 7.61. The van der Waals surface area contributed by atoms with Crippen molar-refractivity contribution in [2.75, 3.05) is 6.54 Å². The van der Waals surface area contributed by atoms with Crippen LogP contribution in [0.25, 0.3) is 0 Å². The summed E-state index contributed by atoms with van der Waals surface area (Å²) in [6, 6.07) is 12.6. The van der Waals surface area contributed by atoms with E-state index in [-0.39, 0.29) is 24.4 Å². The smallest absolute Gasteiger partial charge is 0.293 e. The molecule has 0 bridgehead atoms. The van der Waals surface area contributed by atoms with Crippen LogP contribution in [0.1, 0.15) is 35.9 Å². The summed E-state index contributed by atoms with van der Waals surface area (Å²) in [6.07, 6.45) is 1.01. The molecule has 6 heteroatoms. The summed E-state index contributed by atoms with van der Waals surface area (Å²) < 4.78 is 0. The van der Waals surface area contributed by atoms with Crippen LogP contribution in [0.5, 0.6) is 0 Å². The number of thiophene rings is 1. The number of aryl methyl sites for hydroxylation is 1. The first-order valence-corrected chi connectivity index (χ1v) is 8.49. The van der Waals surface area contributed by atoms with Gasteiger partial charge in [0.1, 0.15) is 6.04 Å². The number of nitrogens with two attached hydrogens (primary N) is 1. The zero-order valence-corrected chi connectivity index (χ0v) is 14.2. The fourth-order valence-electron chi connectivity index (χ4n) is 2.28. The fraction of sp³-hybridized carbons (Fsp3) is 0.294.